The minimum atomic E-state index is -0.272. The first-order chi connectivity index (χ1) is 15.1. The molecule has 1 N–H and O–H groups in total. The number of carbonyl (C=O) groups excluding carboxylic acids is 1. The highest BCUT2D eigenvalue weighted by atomic mass is 35.5. The highest BCUT2D eigenvalue weighted by Crippen LogP contribution is 2.30. The molecule has 0 saturated carbocycles. The molecule has 1 heterocycles. The van der Waals surface area contributed by atoms with Gasteiger partial charge in [-0.25, -0.2) is 4.98 Å². The van der Waals surface area contributed by atoms with Crippen LogP contribution in [0.15, 0.2) is 72.8 Å². The molecule has 0 radical (unpaired) electrons. The summed E-state index contributed by atoms with van der Waals surface area (Å²) in [6.45, 7) is 2.55. The van der Waals surface area contributed by atoms with Crippen molar-refractivity contribution in [1.29, 1.82) is 0 Å². The summed E-state index contributed by atoms with van der Waals surface area (Å²) in [4.78, 5) is 18.0. The number of halogens is 1. The third-order valence-corrected chi connectivity index (χ3v) is 5.07. The Morgan fingerprint density at radius 3 is 2.55 bits per heavy atom. The van der Waals surface area contributed by atoms with E-state index in [1.807, 2.05) is 55.5 Å². The highest BCUT2D eigenvalue weighted by molar-refractivity contribution is 6.31. The van der Waals surface area contributed by atoms with Gasteiger partial charge in [-0.15, -0.1) is 0 Å². The zero-order valence-electron chi connectivity index (χ0n) is 17.2. The van der Waals surface area contributed by atoms with Crippen molar-refractivity contribution < 1.29 is 14.3 Å². The second-order valence-corrected chi connectivity index (χ2v) is 7.26. The summed E-state index contributed by atoms with van der Waals surface area (Å²) < 4.78 is 10.9. The number of carbonyl (C=O) groups is 1. The number of nitrogens with one attached hydrogen (secondary N) is 1. The lowest BCUT2D eigenvalue weighted by Gasteiger charge is -2.13. The molecule has 4 aromatic rings. The van der Waals surface area contributed by atoms with Crippen LogP contribution in [0.5, 0.6) is 11.5 Å². The highest BCUT2D eigenvalue weighted by Gasteiger charge is 2.16. The van der Waals surface area contributed by atoms with Crippen molar-refractivity contribution in [3.63, 3.8) is 0 Å². The number of pyridine rings is 1. The predicted octanol–water partition coefficient (Wildman–Crippen LogP) is 6.21. The van der Waals surface area contributed by atoms with Crippen molar-refractivity contribution in [2.75, 3.05) is 19.0 Å². The van der Waals surface area contributed by atoms with E-state index in [0.29, 0.717) is 34.3 Å². The Kier molecular flexibility index (Phi) is 6.05. The third-order valence-electron chi connectivity index (χ3n) is 4.83. The number of hydrogen-bond donors (Lipinski definition) is 1. The average Bonchev–Trinajstić information content (AvgIpc) is 2.79. The van der Waals surface area contributed by atoms with Crippen LogP contribution in [0.4, 0.5) is 5.69 Å². The Bertz CT molecular complexity index is 1240. The van der Waals surface area contributed by atoms with Crippen molar-refractivity contribution in [1.82, 2.24) is 4.98 Å². The molecule has 0 spiro atoms. The maximum Gasteiger partial charge on any atom is 0.256 e. The van der Waals surface area contributed by atoms with Crippen LogP contribution in [0.3, 0.4) is 0 Å². The number of para-hydroxylation sites is 1. The normalized spacial score (nSPS) is 10.7. The van der Waals surface area contributed by atoms with E-state index in [1.54, 1.807) is 31.4 Å². The molecule has 0 bridgehead atoms. The molecule has 5 nitrogen and oxygen atoms in total. The van der Waals surface area contributed by atoms with E-state index >= 15 is 0 Å². The van der Waals surface area contributed by atoms with E-state index in [1.165, 1.54) is 0 Å². The number of anilines is 1. The third kappa shape index (κ3) is 4.47. The van der Waals surface area contributed by atoms with Gasteiger partial charge in [-0.3, -0.25) is 4.79 Å². The van der Waals surface area contributed by atoms with Gasteiger partial charge in [0, 0.05) is 16.0 Å². The van der Waals surface area contributed by atoms with Crippen LogP contribution in [0.25, 0.3) is 22.2 Å². The second-order valence-electron chi connectivity index (χ2n) is 6.83. The van der Waals surface area contributed by atoms with Crippen molar-refractivity contribution in [2.24, 2.45) is 0 Å². The van der Waals surface area contributed by atoms with Gasteiger partial charge in [0.2, 0.25) is 0 Å². The van der Waals surface area contributed by atoms with Crippen LogP contribution in [-0.4, -0.2) is 24.6 Å². The number of nitrogens with zero attached hydrogens (tertiary/aromatic N) is 1. The lowest BCUT2D eigenvalue weighted by atomic mass is 10.0. The van der Waals surface area contributed by atoms with Crippen molar-refractivity contribution in [2.45, 2.75) is 6.92 Å². The van der Waals surface area contributed by atoms with Gasteiger partial charge in [-0.1, -0.05) is 29.8 Å². The molecule has 0 atom stereocenters. The Hall–Kier alpha value is -3.57. The molecule has 0 fully saturated rings. The molecule has 0 aliphatic carbocycles. The Balaban J connectivity index is 1.76. The van der Waals surface area contributed by atoms with Crippen LogP contribution in [0, 0.1) is 0 Å². The molecule has 31 heavy (non-hydrogen) atoms. The summed E-state index contributed by atoms with van der Waals surface area (Å²) in [5.74, 6) is 1.05. The number of amides is 1. The van der Waals surface area contributed by atoms with E-state index < -0.39 is 0 Å². The first-order valence-corrected chi connectivity index (χ1v) is 10.2. The Morgan fingerprint density at radius 1 is 1.03 bits per heavy atom. The van der Waals surface area contributed by atoms with Gasteiger partial charge >= 0.3 is 0 Å². The van der Waals surface area contributed by atoms with Gasteiger partial charge in [0.25, 0.3) is 5.91 Å². The predicted molar refractivity (Wildman–Crippen MR) is 124 cm³/mol. The van der Waals surface area contributed by atoms with Gasteiger partial charge in [0.1, 0.15) is 11.5 Å². The summed E-state index contributed by atoms with van der Waals surface area (Å²) in [5.41, 5.74) is 3.34. The molecule has 1 amide bonds. The smallest absolute Gasteiger partial charge is 0.256 e. The summed E-state index contributed by atoms with van der Waals surface area (Å²) in [6, 6.07) is 22.1. The summed E-state index contributed by atoms with van der Waals surface area (Å²) in [7, 11) is 1.55. The number of aromatic nitrogens is 1. The quantitative estimate of drug-likeness (QED) is 0.393. The van der Waals surface area contributed by atoms with Crippen LogP contribution >= 0.6 is 11.6 Å². The Labute approximate surface area is 185 Å². The number of hydrogen-bond acceptors (Lipinski definition) is 4. The Morgan fingerprint density at radius 2 is 1.81 bits per heavy atom. The van der Waals surface area contributed by atoms with E-state index in [4.69, 9.17) is 26.1 Å². The summed E-state index contributed by atoms with van der Waals surface area (Å²) >= 11 is 6.11. The van der Waals surface area contributed by atoms with Gasteiger partial charge in [0.05, 0.1) is 36.2 Å². The van der Waals surface area contributed by atoms with Crippen LogP contribution in [-0.2, 0) is 0 Å². The number of ether oxygens (including phenoxy) is 2. The topological polar surface area (TPSA) is 60.5 Å². The van der Waals surface area contributed by atoms with Crippen LogP contribution in [0.2, 0.25) is 5.02 Å². The number of fused-ring (bicyclic) bond motifs is 1. The van der Waals surface area contributed by atoms with E-state index in [2.05, 4.69) is 5.32 Å². The summed E-state index contributed by atoms with van der Waals surface area (Å²) in [6.07, 6.45) is 0. The monoisotopic (exact) mass is 432 g/mol. The van der Waals surface area contributed by atoms with Gasteiger partial charge in [-0.2, -0.15) is 0 Å². The maximum absolute atomic E-state index is 13.3. The molecule has 4 rings (SSSR count). The van der Waals surface area contributed by atoms with Gasteiger partial charge in [0.15, 0.2) is 0 Å². The van der Waals surface area contributed by atoms with Gasteiger partial charge in [-0.05, 0) is 61.5 Å². The van der Waals surface area contributed by atoms with Crippen LogP contribution in [0.1, 0.15) is 17.3 Å². The largest absolute Gasteiger partial charge is 0.495 e. The fourth-order valence-corrected chi connectivity index (χ4v) is 3.54. The first kappa shape index (κ1) is 20.7. The number of benzene rings is 3. The zero-order valence-corrected chi connectivity index (χ0v) is 17.9. The molecule has 3 aromatic carbocycles. The van der Waals surface area contributed by atoms with E-state index in [9.17, 15) is 4.79 Å². The minimum absolute atomic E-state index is 0.272. The fourth-order valence-electron chi connectivity index (χ4n) is 3.37. The molecule has 156 valence electrons. The SMILES string of the molecule is CCOc1ccc(-c2cc(C(=O)Nc3cc(Cl)ccc3OC)c3ccccc3n2)cc1. The van der Waals surface area contributed by atoms with E-state index in [-0.39, 0.29) is 5.91 Å². The molecule has 6 heteroatoms. The lowest BCUT2D eigenvalue weighted by Crippen LogP contribution is -2.14. The minimum Gasteiger partial charge on any atom is -0.495 e. The van der Waals surface area contributed by atoms with Crippen molar-refractivity contribution in [3.8, 4) is 22.8 Å². The molecule has 0 aliphatic heterocycles. The maximum atomic E-state index is 13.3. The average molecular weight is 433 g/mol. The standard InChI is InChI=1S/C25H21ClN2O3/c1-3-31-18-11-8-16(9-12-18)22-15-20(19-6-4-5-7-21(19)27-22)25(29)28-23-14-17(26)10-13-24(23)30-2/h4-15H,3H2,1-2H3,(H,28,29). The molecule has 0 unspecified atom stereocenters. The van der Waals surface area contributed by atoms with Crippen molar-refractivity contribution in [3.05, 3.63) is 83.4 Å². The fraction of sp³-hybridized carbons (Fsp3) is 0.120. The molecular weight excluding hydrogens is 412 g/mol. The molecule has 0 aliphatic rings. The zero-order chi connectivity index (χ0) is 21.8. The molecule has 0 saturated heterocycles. The van der Waals surface area contributed by atoms with Gasteiger partial charge < -0.3 is 14.8 Å². The lowest BCUT2D eigenvalue weighted by molar-refractivity contribution is 0.102. The molecular formula is C25H21ClN2O3. The first-order valence-electron chi connectivity index (χ1n) is 9.87. The van der Waals surface area contributed by atoms with E-state index in [0.717, 1.165) is 22.2 Å². The number of methoxy groups -OCH3 is 1. The number of rotatable bonds is 6. The second kappa shape index (κ2) is 9.06. The van der Waals surface area contributed by atoms with Crippen LogP contribution < -0.4 is 14.8 Å². The summed E-state index contributed by atoms with van der Waals surface area (Å²) in [5, 5.41) is 4.18. The van der Waals surface area contributed by atoms with Crippen molar-refractivity contribution >= 4 is 34.1 Å². The molecule has 1 aromatic heterocycles.